The van der Waals surface area contributed by atoms with Crippen LogP contribution in [0.4, 0.5) is 8.78 Å². The highest BCUT2D eigenvalue weighted by Gasteiger charge is 1.93. The van der Waals surface area contributed by atoms with E-state index in [1.165, 1.54) is 12.1 Å². The molecule has 0 heterocycles. The van der Waals surface area contributed by atoms with Gasteiger partial charge in [0.1, 0.15) is 11.6 Å². The van der Waals surface area contributed by atoms with Crippen LogP contribution in [-0.2, 0) is 0 Å². The zero-order chi connectivity index (χ0) is 8.85. The maximum absolute atomic E-state index is 12.2. The van der Waals surface area contributed by atoms with E-state index in [1.54, 1.807) is 6.92 Å². The van der Waals surface area contributed by atoms with Gasteiger partial charge in [0.05, 0.1) is 0 Å². The van der Waals surface area contributed by atoms with Gasteiger partial charge in [-0.25, -0.2) is 8.78 Å². The Morgan fingerprint density at radius 1 is 0.909 bits per heavy atom. The summed E-state index contributed by atoms with van der Waals surface area (Å²) in [6, 6.07) is 3.42. The van der Waals surface area contributed by atoms with Crippen molar-refractivity contribution in [2.24, 2.45) is 0 Å². The molecule has 0 bridgehead atoms. The van der Waals surface area contributed by atoms with Gasteiger partial charge in [-0.3, -0.25) is 0 Å². The minimum Gasteiger partial charge on any atom is -0.207 e. The topological polar surface area (TPSA) is 0 Å². The van der Waals surface area contributed by atoms with Gasteiger partial charge in [-0.1, -0.05) is 13.8 Å². The van der Waals surface area contributed by atoms with Crippen LogP contribution >= 0.6 is 0 Å². The van der Waals surface area contributed by atoms with E-state index in [0.29, 0.717) is 5.56 Å². The van der Waals surface area contributed by atoms with Gasteiger partial charge in [0, 0.05) is 6.07 Å². The predicted octanol–water partition coefficient (Wildman–Crippen LogP) is 3.30. The number of rotatable bonds is 0. The second kappa shape index (κ2) is 4.83. The lowest BCUT2D eigenvalue weighted by atomic mass is 10.2. The molecule has 0 radical (unpaired) electrons. The molecule has 1 rings (SSSR count). The molecule has 11 heavy (non-hydrogen) atoms. The standard InChI is InChI=1S/C7H6F2.C2H6/c1-5-2-6(8)4-7(9)3-5;1-2/h2-4H,1H3;1-2H3. The molecule has 1 aromatic rings. The minimum atomic E-state index is -0.521. The van der Waals surface area contributed by atoms with Crippen molar-refractivity contribution in [1.29, 1.82) is 0 Å². The Hall–Kier alpha value is -0.920. The zero-order valence-corrected chi connectivity index (χ0v) is 6.99. The molecule has 0 fully saturated rings. The smallest absolute Gasteiger partial charge is 0.126 e. The Labute approximate surface area is 65.9 Å². The van der Waals surface area contributed by atoms with Gasteiger partial charge in [0.25, 0.3) is 0 Å². The molecule has 0 unspecified atom stereocenters. The minimum absolute atomic E-state index is 0.521. The van der Waals surface area contributed by atoms with E-state index in [2.05, 4.69) is 0 Å². The normalized spacial score (nSPS) is 8.45. The Balaban J connectivity index is 0.000000461. The van der Waals surface area contributed by atoms with Crippen LogP contribution in [0.25, 0.3) is 0 Å². The summed E-state index contributed by atoms with van der Waals surface area (Å²) < 4.78 is 24.4. The molecule has 0 aliphatic rings. The fourth-order valence-corrected chi connectivity index (χ4v) is 0.692. The highest BCUT2D eigenvalue weighted by Crippen LogP contribution is 2.05. The maximum Gasteiger partial charge on any atom is 0.126 e. The van der Waals surface area contributed by atoms with E-state index in [1.807, 2.05) is 13.8 Å². The van der Waals surface area contributed by atoms with E-state index < -0.39 is 11.6 Å². The van der Waals surface area contributed by atoms with Crippen molar-refractivity contribution in [3.8, 4) is 0 Å². The lowest BCUT2D eigenvalue weighted by molar-refractivity contribution is 0.581. The van der Waals surface area contributed by atoms with E-state index in [4.69, 9.17) is 0 Å². The van der Waals surface area contributed by atoms with Gasteiger partial charge in [0.2, 0.25) is 0 Å². The molecular weight excluding hydrogens is 146 g/mol. The van der Waals surface area contributed by atoms with E-state index in [9.17, 15) is 8.78 Å². The maximum atomic E-state index is 12.2. The van der Waals surface area contributed by atoms with Crippen LogP contribution in [0.1, 0.15) is 19.4 Å². The average molecular weight is 158 g/mol. The third-order valence-corrected chi connectivity index (χ3v) is 1.01. The first-order valence-corrected chi connectivity index (χ1v) is 3.61. The van der Waals surface area contributed by atoms with Crippen molar-refractivity contribution in [3.63, 3.8) is 0 Å². The molecule has 0 spiro atoms. The van der Waals surface area contributed by atoms with E-state index >= 15 is 0 Å². The monoisotopic (exact) mass is 158 g/mol. The summed E-state index contributed by atoms with van der Waals surface area (Å²) in [6.45, 7) is 5.64. The van der Waals surface area contributed by atoms with E-state index in [0.717, 1.165) is 6.07 Å². The second-order valence-corrected chi connectivity index (χ2v) is 1.95. The Bertz CT molecular complexity index is 168. The van der Waals surface area contributed by atoms with Crippen LogP contribution in [-0.4, -0.2) is 0 Å². The first kappa shape index (κ1) is 10.1. The lowest BCUT2D eigenvalue weighted by Gasteiger charge is -1.91. The highest BCUT2D eigenvalue weighted by atomic mass is 19.1. The molecule has 0 aromatic heterocycles. The highest BCUT2D eigenvalue weighted by molar-refractivity contribution is 5.15. The quantitative estimate of drug-likeness (QED) is 0.543. The number of hydrogen-bond donors (Lipinski definition) is 0. The Morgan fingerprint density at radius 3 is 1.55 bits per heavy atom. The van der Waals surface area contributed by atoms with Crippen LogP contribution in [0, 0.1) is 18.6 Å². The fourth-order valence-electron chi connectivity index (χ4n) is 0.692. The predicted molar refractivity (Wildman–Crippen MR) is 42.4 cm³/mol. The first-order valence-electron chi connectivity index (χ1n) is 3.61. The number of benzene rings is 1. The van der Waals surface area contributed by atoms with Crippen LogP contribution in [0.2, 0.25) is 0 Å². The summed E-state index contributed by atoms with van der Waals surface area (Å²) in [5.41, 5.74) is 0.604. The van der Waals surface area contributed by atoms with Gasteiger partial charge < -0.3 is 0 Å². The van der Waals surface area contributed by atoms with Crippen LogP contribution in [0.15, 0.2) is 18.2 Å². The van der Waals surface area contributed by atoms with Gasteiger partial charge in [0.15, 0.2) is 0 Å². The number of hydrogen-bond acceptors (Lipinski definition) is 0. The third kappa shape index (κ3) is 3.71. The molecule has 0 aliphatic carbocycles. The van der Waals surface area contributed by atoms with Crippen molar-refractivity contribution < 1.29 is 8.78 Å². The van der Waals surface area contributed by atoms with Gasteiger partial charge in [-0.05, 0) is 24.6 Å². The van der Waals surface area contributed by atoms with Crippen LogP contribution in [0.3, 0.4) is 0 Å². The van der Waals surface area contributed by atoms with Gasteiger partial charge in [-0.15, -0.1) is 0 Å². The van der Waals surface area contributed by atoms with Gasteiger partial charge >= 0.3 is 0 Å². The average Bonchev–Trinajstić information content (AvgIpc) is 1.88. The van der Waals surface area contributed by atoms with Crippen molar-refractivity contribution >= 4 is 0 Å². The zero-order valence-electron chi connectivity index (χ0n) is 6.99. The second-order valence-electron chi connectivity index (χ2n) is 1.95. The van der Waals surface area contributed by atoms with Crippen molar-refractivity contribution in [2.45, 2.75) is 20.8 Å². The number of halogens is 2. The van der Waals surface area contributed by atoms with Crippen molar-refractivity contribution in [1.82, 2.24) is 0 Å². The third-order valence-electron chi connectivity index (χ3n) is 1.01. The molecular formula is C9H12F2. The first-order chi connectivity index (χ1) is 5.18. The van der Waals surface area contributed by atoms with Crippen molar-refractivity contribution in [3.05, 3.63) is 35.4 Å². The molecule has 1 aromatic carbocycles. The van der Waals surface area contributed by atoms with Gasteiger partial charge in [-0.2, -0.15) is 0 Å². The van der Waals surface area contributed by atoms with Crippen molar-refractivity contribution in [2.75, 3.05) is 0 Å². The molecule has 2 heteroatoms. The molecule has 0 nitrogen and oxygen atoms in total. The number of aryl methyl sites for hydroxylation is 1. The summed E-state index contributed by atoms with van der Waals surface area (Å²) >= 11 is 0. The summed E-state index contributed by atoms with van der Waals surface area (Å²) in [6.07, 6.45) is 0. The molecule has 0 N–H and O–H groups in total. The molecule has 0 saturated heterocycles. The summed E-state index contributed by atoms with van der Waals surface area (Å²) in [5, 5.41) is 0. The molecule has 62 valence electrons. The molecule has 0 saturated carbocycles. The van der Waals surface area contributed by atoms with Crippen LogP contribution < -0.4 is 0 Å². The summed E-state index contributed by atoms with van der Waals surface area (Å²) in [4.78, 5) is 0. The summed E-state index contributed by atoms with van der Waals surface area (Å²) in [5.74, 6) is -1.04. The molecule has 0 atom stereocenters. The Kier molecular flexibility index (Phi) is 4.42. The largest absolute Gasteiger partial charge is 0.207 e. The fraction of sp³-hybridized carbons (Fsp3) is 0.333. The van der Waals surface area contributed by atoms with Crippen LogP contribution in [0.5, 0.6) is 0 Å². The molecule has 0 aliphatic heterocycles. The SMILES string of the molecule is CC.Cc1cc(F)cc(F)c1. The Morgan fingerprint density at radius 2 is 1.27 bits per heavy atom. The lowest BCUT2D eigenvalue weighted by Crippen LogP contribution is -1.80. The molecule has 0 amide bonds. The van der Waals surface area contributed by atoms with E-state index in [-0.39, 0.29) is 0 Å². The summed E-state index contributed by atoms with van der Waals surface area (Å²) in [7, 11) is 0.